The van der Waals surface area contributed by atoms with E-state index in [1.165, 1.54) is 0 Å². The third kappa shape index (κ3) is 4.35. The zero-order valence-electron chi connectivity index (χ0n) is 14.5. The highest BCUT2D eigenvalue weighted by Gasteiger charge is 2.33. The molecule has 1 aromatic rings. The van der Waals surface area contributed by atoms with Crippen LogP contribution in [0.15, 0.2) is 18.2 Å². The Hall–Kier alpha value is -1.89. The molecule has 132 valence electrons. The summed E-state index contributed by atoms with van der Waals surface area (Å²) in [5.41, 5.74) is 0.966. The summed E-state index contributed by atoms with van der Waals surface area (Å²) in [6.45, 7) is 4.24. The van der Waals surface area contributed by atoms with Crippen LogP contribution in [-0.2, 0) is 9.59 Å². The SMILES string of the molecule is COc1ccc([C@@H]2SCC(=O)N2CCC(=O)NC(C)C)cc1OC. The Labute approximate surface area is 146 Å². The summed E-state index contributed by atoms with van der Waals surface area (Å²) in [5, 5.41) is 2.74. The Kier molecular flexibility index (Phi) is 6.36. The molecule has 1 aliphatic heterocycles. The Bertz CT molecular complexity index is 606. The second kappa shape index (κ2) is 8.28. The lowest BCUT2D eigenvalue weighted by Gasteiger charge is -2.25. The molecule has 0 radical (unpaired) electrons. The summed E-state index contributed by atoms with van der Waals surface area (Å²) in [6.07, 6.45) is 0.300. The van der Waals surface area contributed by atoms with Crippen LogP contribution in [-0.4, -0.2) is 49.3 Å². The molecule has 0 unspecified atom stereocenters. The predicted octanol–water partition coefficient (Wildman–Crippen LogP) is 2.19. The lowest BCUT2D eigenvalue weighted by molar-refractivity contribution is -0.129. The largest absolute Gasteiger partial charge is 0.493 e. The van der Waals surface area contributed by atoms with E-state index in [0.717, 1.165) is 5.56 Å². The van der Waals surface area contributed by atoms with Gasteiger partial charge in [0.05, 0.1) is 20.0 Å². The van der Waals surface area contributed by atoms with Crippen molar-refractivity contribution in [2.45, 2.75) is 31.7 Å². The first-order valence-corrected chi connectivity index (χ1v) is 8.93. The first-order valence-electron chi connectivity index (χ1n) is 7.88. The highest BCUT2D eigenvalue weighted by Crippen LogP contribution is 2.41. The van der Waals surface area contributed by atoms with E-state index in [1.54, 1.807) is 30.9 Å². The Morgan fingerprint density at radius 2 is 2.04 bits per heavy atom. The van der Waals surface area contributed by atoms with Gasteiger partial charge in [-0.1, -0.05) is 6.07 Å². The molecule has 0 bridgehead atoms. The van der Waals surface area contributed by atoms with Gasteiger partial charge < -0.3 is 19.7 Å². The van der Waals surface area contributed by atoms with Gasteiger partial charge in [0.25, 0.3) is 0 Å². The van der Waals surface area contributed by atoms with Crippen molar-refractivity contribution in [3.05, 3.63) is 23.8 Å². The third-order valence-electron chi connectivity index (χ3n) is 3.69. The Morgan fingerprint density at radius 1 is 1.33 bits per heavy atom. The number of carbonyl (C=O) groups excluding carboxylic acids is 2. The van der Waals surface area contributed by atoms with Crippen LogP contribution in [0.2, 0.25) is 0 Å². The average molecular weight is 352 g/mol. The van der Waals surface area contributed by atoms with Crippen molar-refractivity contribution in [2.24, 2.45) is 0 Å². The molecule has 7 heteroatoms. The van der Waals surface area contributed by atoms with Crippen LogP contribution < -0.4 is 14.8 Å². The van der Waals surface area contributed by atoms with E-state index in [0.29, 0.717) is 30.2 Å². The van der Waals surface area contributed by atoms with E-state index in [1.807, 2.05) is 32.0 Å². The van der Waals surface area contributed by atoms with E-state index >= 15 is 0 Å². The average Bonchev–Trinajstić information content (AvgIpc) is 2.92. The lowest BCUT2D eigenvalue weighted by Crippen LogP contribution is -2.35. The molecule has 24 heavy (non-hydrogen) atoms. The number of hydrogen-bond acceptors (Lipinski definition) is 5. The molecule has 1 aromatic carbocycles. The smallest absolute Gasteiger partial charge is 0.233 e. The molecular weight excluding hydrogens is 328 g/mol. The van der Waals surface area contributed by atoms with Gasteiger partial charge in [-0.05, 0) is 31.5 Å². The molecule has 0 spiro atoms. The fourth-order valence-electron chi connectivity index (χ4n) is 2.59. The first kappa shape index (κ1) is 18.4. The van der Waals surface area contributed by atoms with Gasteiger partial charge in [0.15, 0.2) is 11.5 Å². The van der Waals surface area contributed by atoms with E-state index in [9.17, 15) is 9.59 Å². The fraction of sp³-hybridized carbons (Fsp3) is 0.529. The summed E-state index contributed by atoms with van der Waals surface area (Å²) in [6, 6.07) is 5.75. The summed E-state index contributed by atoms with van der Waals surface area (Å²) < 4.78 is 10.6. The molecule has 1 atom stereocenters. The van der Waals surface area contributed by atoms with Crippen molar-refractivity contribution in [2.75, 3.05) is 26.5 Å². The molecule has 0 saturated carbocycles. The van der Waals surface area contributed by atoms with Crippen molar-refractivity contribution < 1.29 is 19.1 Å². The van der Waals surface area contributed by atoms with Gasteiger partial charge in [-0.2, -0.15) is 0 Å². The zero-order chi connectivity index (χ0) is 17.7. The van der Waals surface area contributed by atoms with Crippen molar-refractivity contribution >= 4 is 23.6 Å². The number of nitrogens with zero attached hydrogens (tertiary/aromatic N) is 1. The van der Waals surface area contributed by atoms with Crippen molar-refractivity contribution in [1.29, 1.82) is 0 Å². The van der Waals surface area contributed by atoms with Crippen LogP contribution >= 0.6 is 11.8 Å². The summed E-state index contributed by atoms with van der Waals surface area (Å²) >= 11 is 1.56. The van der Waals surface area contributed by atoms with Crippen molar-refractivity contribution in [3.8, 4) is 11.5 Å². The van der Waals surface area contributed by atoms with Crippen LogP contribution in [0.25, 0.3) is 0 Å². The van der Waals surface area contributed by atoms with Crippen LogP contribution in [0.4, 0.5) is 0 Å². The van der Waals surface area contributed by atoms with Gasteiger partial charge in [-0.25, -0.2) is 0 Å². The van der Waals surface area contributed by atoms with Gasteiger partial charge >= 0.3 is 0 Å². The number of carbonyl (C=O) groups is 2. The first-order chi connectivity index (χ1) is 11.5. The third-order valence-corrected chi connectivity index (χ3v) is 4.95. The fourth-order valence-corrected chi connectivity index (χ4v) is 3.80. The molecule has 1 saturated heterocycles. The highest BCUT2D eigenvalue weighted by molar-refractivity contribution is 8.00. The van der Waals surface area contributed by atoms with Gasteiger partial charge in [-0.3, -0.25) is 9.59 Å². The number of nitrogens with one attached hydrogen (secondary N) is 1. The van der Waals surface area contributed by atoms with Crippen LogP contribution in [0.5, 0.6) is 11.5 Å². The number of methoxy groups -OCH3 is 2. The van der Waals surface area contributed by atoms with E-state index in [4.69, 9.17) is 9.47 Å². The quantitative estimate of drug-likeness (QED) is 0.815. The summed E-state index contributed by atoms with van der Waals surface area (Å²) in [4.78, 5) is 25.8. The molecule has 2 rings (SSSR count). The van der Waals surface area contributed by atoms with Gasteiger partial charge in [0, 0.05) is 19.0 Å². The van der Waals surface area contributed by atoms with Crippen molar-refractivity contribution in [1.82, 2.24) is 10.2 Å². The maximum Gasteiger partial charge on any atom is 0.233 e. The van der Waals surface area contributed by atoms with E-state index in [2.05, 4.69) is 5.32 Å². The van der Waals surface area contributed by atoms with Crippen LogP contribution in [0.1, 0.15) is 31.2 Å². The monoisotopic (exact) mass is 352 g/mol. The molecule has 0 aliphatic carbocycles. The second-order valence-corrected chi connectivity index (χ2v) is 6.91. The number of rotatable bonds is 7. The standard InChI is InChI=1S/C17H24N2O4S/c1-11(2)18-15(20)7-8-19-16(21)10-24-17(19)12-5-6-13(22-3)14(9-12)23-4/h5-6,9,11,17H,7-8,10H2,1-4H3,(H,18,20)/t17-/m0/s1. The number of benzene rings is 1. The Morgan fingerprint density at radius 3 is 2.67 bits per heavy atom. The van der Waals surface area contributed by atoms with Crippen LogP contribution in [0, 0.1) is 0 Å². The predicted molar refractivity (Wildman–Crippen MR) is 94.4 cm³/mol. The molecule has 2 amide bonds. The van der Waals surface area contributed by atoms with Crippen LogP contribution in [0.3, 0.4) is 0 Å². The number of ether oxygens (including phenoxy) is 2. The Balaban J connectivity index is 2.11. The number of thioether (sulfide) groups is 1. The van der Waals surface area contributed by atoms with Gasteiger partial charge in [0.2, 0.25) is 11.8 Å². The van der Waals surface area contributed by atoms with E-state index < -0.39 is 0 Å². The highest BCUT2D eigenvalue weighted by atomic mass is 32.2. The maximum absolute atomic E-state index is 12.2. The minimum atomic E-state index is -0.107. The molecule has 0 aromatic heterocycles. The minimum Gasteiger partial charge on any atom is -0.493 e. The molecule has 1 heterocycles. The van der Waals surface area contributed by atoms with Gasteiger partial charge in [0.1, 0.15) is 5.37 Å². The molecular formula is C17H24N2O4S. The summed E-state index contributed by atoms with van der Waals surface area (Å²) in [5.74, 6) is 1.72. The maximum atomic E-state index is 12.2. The molecule has 1 aliphatic rings. The van der Waals surface area contributed by atoms with Crippen molar-refractivity contribution in [3.63, 3.8) is 0 Å². The second-order valence-electron chi connectivity index (χ2n) is 5.84. The lowest BCUT2D eigenvalue weighted by atomic mass is 10.1. The molecule has 1 N–H and O–H groups in total. The topological polar surface area (TPSA) is 67.9 Å². The molecule has 1 fully saturated rings. The number of hydrogen-bond donors (Lipinski definition) is 1. The van der Waals surface area contributed by atoms with Gasteiger partial charge in [-0.15, -0.1) is 11.8 Å². The zero-order valence-corrected chi connectivity index (χ0v) is 15.3. The normalized spacial score (nSPS) is 17.3. The van der Waals surface area contributed by atoms with E-state index in [-0.39, 0.29) is 23.2 Å². The number of amides is 2. The minimum absolute atomic E-state index is 0.0410. The summed E-state index contributed by atoms with van der Waals surface area (Å²) in [7, 11) is 3.17. The molecule has 6 nitrogen and oxygen atoms in total.